The molecule has 0 radical (unpaired) electrons. The maximum Gasteiger partial charge on any atom is 0.573 e. The monoisotopic (exact) mass is 454 g/mol. The second-order valence-corrected chi connectivity index (χ2v) is 6.85. The van der Waals surface area contributed by atoms with Crippen molar-refractivity contribution in [3.63, 3.8) is 0 Å². The Morgan fingerprint density at radius 1 is 0.909 bits per heavy atom. The van der Waals surface area contributed by atoms with Gasteiger partial charge in [-0.1, -0.05) is 17.3 Å². The number of nitrogens with one attached hydrogen (secondary N) is 1. The number of aromatic nitrogens is 3. The van der Waals surface area contributed by atoms with E-state index in [1.807, 2.05) is 24.3 Å². The van der Waals surface area contributed by atoms with E-state index in [0.717, 1.165) is 29.1 Å². The van der Waals surface area contributed by atoms with E-state index in [1.165, 1.54) is 12.1 Å². The number of carbonyl (C=O) groups is 1. The summed E-state index contributed by atoms with van der Waals surface area (Å²) in [5.41, 5.74) is 2.97. The molecule has 4 rings (SSSR count). The summed E-state index contributed by atoms with van der Waals surface area (Å²) in [7, 11) is 1.60. The van der Waals surface area contributed by atoms with Gasteiger partial charge in [0.25, 0.3) is 5.91 Å². The molecule has 0 unspecified atom stereocenters. The van der Waals surface area contributed by atoms with E-state index < -0.39 is 18.0 Å². The zero-order chi connectivity index (χ0) is 23.4. The number of amides is 1. The minimum Gasteiger partial charge on any atom is -0.497 e. The maximum atomic E-state index is 12.4. The zero-order valence-corrected chi connectivity index (χ0v) is 17.2. The summed E-state index contributed by atoms with van der Waals surface area (Å²) < 4.78 is 47.3. The molecular formula is C23H17F3N4O3. The number of anilines is 1. The first-order chi connectivity index (χ1) is 15.8. The highest BCUT2D eigenvalue weighted by atomic mass is 19.4. The van der Waals surface area contributed by atoms with Crippen LogP contribution < -0.4 is 14.8 Å². The van der Waals surface area contributed by atoms with Gasteiger partial charge in [-0.2, -0.15) is 0 Å². The van der Waals surface area contributed by atoms with Crippen LogP contribution in [0.15, 0.2) is 79.0 Å². The number of nitrogens with zero attached hydrogens (tertiary/aromatic N) is 3. The SMILES string of the molecule is COc1ccc(-n2cc(-c3ccc(NC(=O)c4ccc(OC(F)(F)F)cc4)cc3)nn2)cc1. The Balaban J connectivity index is 1.41. The largest absolute Gasteiger partial charge is 0.573 e. The Morgan fingerprint density at radius 2 is 1.55 bits per heavy atom. The number of rotatable bonds is 6. The Bertz CT molecular complexity index is 1240. The molecule has 33 heavy (non-hydrogen) atoms. The fourth-order valence-corrected chi connectivity index (χ4v) is 2.99. The van der Waals surface area contributed by atoms with Crippen molar-refractivity contribution in [2.75, 3.05) is 12.4 Å². The van der Waals surface area contributed by atoms with Gasteiger partial charge in [0.15, 0.2) is 0 Å². The summed E-state index contributed by atoms with van der Waals surface area (Å²) in [6.07, 6.45) is -3.01. The average Bonchev–Trinajstić information content (AvgIpc) is 3.29. The molecule has 0 aliphatic carbocycles. The summed E-state index contributed by atoms with van der Waals surface area (Å²) in [6.45, 7) is 0. The Labute approximate surface area is 186 Å². The molecule has 1 N–H and O–H groups in total. The van der Waals surface area contributed by atoms with Crippen LogP contribution in [0.25, 0.3) is 16.9 Å². The van der Waals surface area contributed by atoms with Crippen LogP contribution >= 0.6 is 0 Å². The van der Waals surface area contributed by atoms with E-state index >= 15 is 0 Å². The van der Waals surface area contributed by atoms with E-state index in [4.69, 9.17) is 4.74 Å². The van der Waals surface area contributed by atoms with Crippen molar-refractivity contribution in [1.29, 1.82) is 0 Å². The van der Waals surface area contributed by atoms with E-state index in [-0.39, 0.29) is 5.56 Å². The zero-order valence-electron chi connectivity index (χ0n) is 17.2. The lowest BCUT2D eigenvalue weighted by molar-refractivity contribution is -0.274. The molecular weight excluding hydrogens is 437 g/mol. The minimum absolute atomic E-state index is 0.191. The molecule has 1 aromatic heterocycles. The highest BCUT2D eigenvalue weighted by Crippen LogP contribution is 2.24. The van der Waals surface area contributed by atoms with Gasteiger partial charge in [-0.25, -0.2) is 4.68 Å². The van der Waals surface area contributed by atoms with Gasteiger partial charge in [0.2, 0.25) is 0 Å². The van der Waals surface area contributed by atoms with Crippen LogP contribution in [0, 0.1) is 0 Å². The van der Waals surface area contributed by atoms with Crippen LogP contribution in [-0.2, 0) is 0 Å². The van der Waals surface area contributed by atoms with Crippen molar-refractivity contribution in [2.45, 2.75) is 6.36 Å². The molecule has 1 amide bonds. The van der Waals surface area contributed by atoms with Gasteiger partial charge < -0.3 is 14.8 Å². The average molecular weight is 454 g/mol. The molecule has 0 saturated heterocycles. The van der Waals surface area contributed by atoms with Crippen molar-refractivity contribution in [3.05, 3.63) is 84.6 Å². The second kappa shape index (κ2) is 9.03. The lowest BCUT2D eigenvalue weighted by Gasteiger charge is -2.09. The quantitative estimate of drug-likeness (QED) is 0.439. The van der Waals surface area contributed by atoms with E-state index in [1.54, 1.807) is 42.3 Å². The van der Waals surface area contributed by atoms with Crippen LogP contribution in [0.5, 0.6) is 11.5 Å². The number of halogens is 3. The highest BCUT2D eigenvalue weighted by molar-refractivity contribution is 6.04. The van der Waals surface area contributed by atoms with Gasteiger partial charge in [0.1, 0.15) is 17.2 Å². The number of alkyl halides is 3. The van der Waals surface area contributed by atoms with Crippen LogP contribution in [-0.4, -0.2) is 34.4 Å². The van der Waals surface area contributed by atoms with Crippen LogP contribution in [0.4, 0.5) is 18.9 Å². The van der Waals surface area contributed by atoms with Gasteiger partial charge in [-0.15, -0.1) is 18.3 Å². The molecule has 0 fully saturated rings. The van der Waals surface area contributed by atoms with Gasteiger partial charge in [-0.05, 0) is 60.7 Å². The predicted octanol–water partition coefficient (Wildman–Crippen LogP) is 5.09. The number of carbonyl (C=O) groups excluding carboxylic acids is 1. The normalized spacial score (nSPS) is 11.2. The number of hydrogen-bond acceptors (Lipinski definition) is 5. The summed E-state index contributed by atoms with van der Waals surface area (Å²) in [4.78, 5) is 12.4. The molecule has 0 aliphatic heterocycles. The van der Waals surface area contributed by atoms with Crippen molar-refractivity contribution < 1.29 is 27.4 Å². The first kappa shape index (κ1) is 21.9. The summed E-state index contributed by atoms with van der Waals surface area (Å²) in [5, 5.41) is 11.0. The van der Waals surface area contributed by atoms with Crippen molar-refractivity contribution in [2.24, 2.45) is 0 Å². The first-order valence-electron chi connectivity index (χ1n) is 9.65. The number of hydrogen-bond donors (Lipinski definition) is 1. The van der Waals surface area contributed by atoms with E-state index in [9.17, 15) is 18.0 Å². The minimum atomic E-state index is -4.79. The molecule has 7 nitrogen and oxygen atoms in total. The molecule has 0 spiro atoms. The molecule has 0 atom stereocenters. The maximum absolute atomic E-state index is 12.4. The van der Waals surface area contributed by atoms with Crippen LogP contribution in [0.2, 0.25) is 0 Å². The summed E-state index contributed by atoms with van der Waals surface area (Å²) in [5.74, 6) is -0.125. The van der Waals surface area contributed by atoms with Crippen molar-refractivity contribution >= 4 is 11.6 Å². The number of methoxy groups -OCH3 is 1. The van der Waals surface area contributed by atoms with Gasteiger partial charge in [-0.3, -0.25) is 4.79 Å². The smallest absolute Gasteiger partial charge is 0.497 e. The molecule has 0 bridgehead atoms. The molecule has 3 aromatic carbocycles. The van der Waals surface area contributed by atoms with E-state index in [0.29, 0.717) is 11.4 Å². The number of benzene rings is 3. The first-order valence-corrected chi connectivity index (χ1v) is 9.65. The lowest BCUT2D eigenvalue weighted by Crippen LogP contribution is -2.17. The topological polar surface area (TPSA) is 78.3 Å². The van der Waals surface area contributed by atoms with Gasteiger partial charge in [0.05, 0.1) is 19.0 Å². The van der Waals surface area contributed by atoms with Crippen LogP contribution in [0.1, 0.15) is 10.4 Å². The predicted molar refractivity (Wildman–Crippen MR) is 114 cm³/mol. The third-order valence-corrected chi connectivity index (χ3v) is 4.62. The summed E-state index contributed by atoms with van der Waals surface area (Å²) in [6, 6.07) is 19.0. The molecule has 10 heteroatoms. The van der Waals surface area contributed by atoms with Crippen molar-refractivity contribution in [1.82, 2.24) is 15.0 Å². The van der Waals surface area contributed by atoms with E-state index in [2.05, 4.69) is 20.4 Å². The summed E-state index contributed by atoms with van der Waals surface area (Å²) >= 11 is 0. The fourth-order valence-electron chi connectivity index (χ4n) is 2.99. The third kappa shape index (κ3) is 5.48. The molecule has 0 aliphatic rings. The third-order valence-electron chi connectivity index (χ3n) is 4.62. The Morgan fingerprint density at radius 3 is 2.15 bits per heavy atom. The van der Waals surface area contributed by atoms with Gasteiger partial charge >= 0.3 is 6.36 Å². The molecule has 1 heterocycles. The second-order valence-electron chi connectivity index (χ2n) is 6.85. The highest BCUT2D eigenvalue weighted by Gasteiger charge is 2.31. The Kier molecular flexibility index (Phi) is 5.99. The van der Waals surface area contributed by atoms with Crippen LogP contribution in [0.3, 0.4) is 0 Å². The fraction of sp³-hybridized carbons (Fsp3) is 0.0870. The molecule has 4 aromatic rings. The lowest BCUT2D eigenvalue weighted by atomic mass is 10.1. The van der Waals surface area contributed by atoms with Crippen molar-refractivity contribution in [3.8, 4) is 28.4 Å². The number of ether oxygens (including phenoxy) is 2. The van der Waals surface area contributed by atoms with Gasteiger partial charge in [0, 0.05) is 16.8 Å². The molecule has 168 valence electrons. The Hall–Kier alpha value is -4.34. The molecule has 0 saturated carbocycles. The standard InChI is InChI=1S/C23H17F3N4O3/c1-32-19-12-8-18(9-13-19)30-14-21(28-29-30)15-2-6-17(7-3-15)27-22(31)16-4-10-20(11-5-16)33-23(24,25)26/h2-14H,1H3,(H,27,31).